The van der Waals surface area contributed by atoms with E-state index < -0.39 is 0 Å². The molecule has 1 aliphatic heterocycles. The lowest BCUT2D eigenvalue weighted by molar-refractivity contribution is -0.118. The molecule has 0 unspecified atom stereocenters. The monoisotopic (exact) mass is 234 g/mol. The lowest BCUT2D eigenvalue weighted by Gasteiger charge is -2.25. The van der Waals surface area contributed by atoms with Gasteiger partial charge in [-0.3, -0.25) is 4.79 Å². The SMILES string of the molecule is COc1ccc(N2CCCNCCC2=O)cc1. The van der Waals surface area contributed by atoms with Gasteiger partial charge in [-0.2, -0.15) is 0 Å². The molecule has 1 aromatic carbocycles. The summed E-state index contributed by atoms with van der Waals surface area (Å²) in [6, 6.07) is 7.65. The molecular weight excluding hydrogens is 216 g/mol. The highest BCUT2D eigenvalue weighted by Crippen LogP contribution is 2.20. The quantitative estimate of drug-likeness (QED) is 0.841. The zero-order valence-electron chi connectivity index (χ0n) is 10.1. The van der Waals surface area contributed by atoms with Crippen LogP contribution in [0.25, 0.3) is 0 Å². The highest BCUT2D eigenvalue weighted by atomic mass is 16.5. The lowest BCUT2D eigenvalue weighted by Crippen LogP contribution is -2.38. The number of nitrogens with zero attached hydrogens (tertiary/aromatic N) is 1. The van der Waals surface area contributed by atoms with Gasteiger partial charge < -0.3 is 15.0 Å². The maximum Gasteiger partial charge on any atom is 0.228 e. The van der Waals surface area contributed by atoms with Crippen molar-refractivity contribution in [2.75, 3.05) is 31.6 Å². The van der Waals surface area contributed by atoms with Gasteiger partial charge in [0.15, 0.2) is 0 Å². The first-order valence-electron chi connectivity index (χ1n) is 5.96. The van der Waals surface area contributed by atoms with E-state index in [1.165, 1.54) is 0 Å². The van der Waals surface area contributed by atoms with Gasteiger partial charge in [-0.25, -0.2) is 0 Å². The number of nitrogens with one attached hydrogen (secondary N) is 1. The first-order valence-corrected chi connectivity index (χ1v) is 5.96. The molecule has 1 saturated heterocycles. The first-order chi connectivity index (χ1) is 8.31. The molecule has 92 valence electrons. The Morgan fingerprint density at radius 2 is 2.00 bits per heavy atom. The van der Waals surface area contributed by atoms with E-state index in [1.54, 1.807) is 7.11 Å². The average molecular weight is 234 g/mol. The third-order valence-electron chi connectivity index (χ3n) is 2.94. The summed E-state index contributed by atoms with van der Waals surface area (Å²) in [6.45, 7) is 2.52. The number of carbonyl (C=O) groups is 1. The van der Waals surface area contributed by atoms with E-state index in [9.17, 15) is 4.79 Å². The predicted molar refractivity (Wildman–Crippen MR) is 67.5 cm³/mol. The van der Waals surface area contributed by atoms with Crippen molar-refractivity contribution in [2.24, 2.45) is 0 Å². The third-order valence-corrected chi connectivity index (χ3v) is 2.94. The molecule has 1 N–H and O–H groups in total. The van der Waals surface area contributed by atoms with Gasteiger partial charge in [-0.05, 0) is 37.2 Å². The Balaban J connectivity index is 2.13. The van der Waals surface area contributed by atoms with Crippen molar-refractivity contribution in [1.29, 1.82) is 0 Å². The summed E-state index contributed by atoms with van der Waals surface area (Å²) >= 11 is 0. The second kappa shape index (κ2) is 5.68. The third kappa shape index (κ3) is 2.97. The highest BCUT2D eigenvalue weighted by molar-refractivity contribution is 5.93. The van der Waals surface area contributed by atoms with Crippen LogP contribution in [0.3, 0.4) is 0 Å². The Bertz CT molecular complexity index is 376. The largest absolute Gasteiger partial charge is 0.497 e. The zero-order valence-corrected chi connectivity index (χ0v) is 10.1. The van der Waals surface area contributed by atoms with Crippen molar-refractivity contribution in [1.82, 2.24) is 5.32 Å². The molecule has 1 fully saturated rings. The Kier molecular flexibility index (Phi) is 3.98. The van der Waals surface area contributed by atoms with Gasteiger partial charge in [0.05, 0.1) is 7.11 Å². The molecule has 4 heteroatoms. The Morgan fingerprint density at radius 3 is 2.71 bits per heavy atom. The highest BCUT2D eigenvalue weighted by Gasteiger charge is 2.16. The van der Waals surface area contributed by atoms with E-state index in [2.05, 4.69) is 5.32 Å². The van der Waals surface area contributed by atoms with Crippen LogP contribution in [-0.2, 0) is 4.79 Å². The van der Waals surface area contributed by atoms with Crippen LogP contribution in [-0.4, -0.2) is 32.7 Å². The molecule has 4 nitrogen and oxygen atoms in total. The van der Waals surface area contributed by atoms with Crippen LogP contribution in [0.2, 0.25) is 0 Å². The summed E-state index contributed by atoms with van der Waals surface area (Å²) in [5, 5.41) is 3.24. The molecule has 0 aliphatic carbocycles. The van der Waals surface area contributed by atoms with E-state index in [0.717, 1.165) is 37.5 Å². The second-order valence-electron chi connectivity index (χ2n) is 4.10. The summed E-state index contributed by atoms with van der Waals surface area (Å²) in [7, 11) is 1.64. The van der Waals surface area contributed by atoms with Crippen molar-refractivity contribution in [3.8, 4) is 5.75 Å². The summed E-state index contributed by atoms with van der Waals surface area (Å²) in [6.07, 6.45) is 1.55. The normalized spacial score (nSPS) is 17.5. The predicted octanol–water partition coefficient (Wildman–Crippen LogP) is 1.41. The van der Waals surface area contributed by atoms with E-state index in [4.69, 9.17) is 4.74 Å². The topological polar surface area (TPSA) is 41.6 Å². The molecule has 0 saturated carbocycles. The molecule has 0 spiro atoms. The van der Waals surface area contributed by atoms with Gasteiger partial charge in [0, 0.05) is 25.2 Å². The maximum atomic E-state index is 12.0. The summed E-state index contributed by atoms with van der Waals surface area (Å²) < 4.78 is 5.11. The number of methoxy groups -OCH3 is 1. The van der Waals surface area contributed by atoms with Gasteiger partial charge in [0.1, 0.15) is 5.75 Å². The Hall–Kier alpha value is -1.55. The Labute approximate surface area is 102 Å². The number of amides is 1. The molecule has 0 aromatic heterocycles. The molecule has 0 bridgehead atoms. The average Bonchev–Trinajstić information content (AvgIpc) is 2.35. The summed E-state index contributed by atoms with van der Waals surface area (Å²) in [5.74, 6) is 0.997. The van der Waals surface area contributed by atoms with Crippen LogP contribution in [0, 0.1) is 0 Å². The molecule has 0 radical (unpaired) electrons. The Morgan fingerprint density at radius 1 is 1.24 bits per heavy atom. The molecule has 2 rings (SSSR count). The maximum absolute atomic E-state index is 12.0. The van der Waals surface area contributed by atoms with E-state index in [-0.39, 0.29) is 5.91 Å². The molecule has 1 aliphatic rings. The van der Waals surface area contributed by atoms with Crippen molar-refractivity contribution >= 4 is 11.6 Å². The van der Waals surface area contributed by atoms with Crippen LogP contribution in [0.4, 0.5) is 5.69 Å². The number of benzene rings is 1. The number of hydrogen-bond donors (Lipinski definition) is 1. The van der Waals surface area contributed by atoms with Gasteiger partial charge in [-0.15, -0.1) is 0 Å². The minimum atomic E-state index is 0.183. The fourth-order valence-electron chi connectivity index (χ4n) is 1.98. The van der Waals surface area contributed by atoms with Crippen LogP contribution >= 0.6 is 0 Å². The van der Waals surface area contributed by atoms with Crippen molar-refractivity contribution in [2.45, 2.75) is 12.8 Å². The van der Waals surface area contributed by atoms with E-state index >= 15 is 0 Å². The van der Waals surface area contributed by atoms with Crippen LogP contribution in [0.15, 0.2) is 24.3 Å². The number of rotatable bonds is 2. The molecule has 1 aromatic rings. The van der Waals surface area contributed by atoms with Crippen molar-refractivity contribution in [3.05, 3.63) is 24.3 Å². The van der Waals surface area contributed by atoms with E-state index in [1.807, 2.05) is 29.2 Å². The first kappa shape index (κ1) is 11.9. The van der Waals surface area contributed by atoms with E-state index in [0.29, 0.717) is 6.42 Å². The number of anilines is 1. The summed E-state index contributed by atoms with van der Waals surface area (Å²) in [4.78, 5) is 13.8. The van der Waals surface area contributed by atoms with Crippen LogP contribution < -0.4 is 15.0 Å². The standard InChI is InChI=1S/C13H18N2O2/c1-17-12-5-3-11(4-6-12)15-10-2-8-14-9-7-13(15)16/h3-6,14H,2,7-10H2,1H3. The fraction of sp³-hybridized carbons (Fsp3) is 0.462. The number of carbonyl (C=O) groups excluding carboxylic acids is 1. The number of hydrogen-bond acceptors (Lipinski definition) is 3. The second-order valence-corrected chi connectivity index (χ2v) is 4.10. The van der Waals surface area contributed by atoms with Crippen molar-refractivity contribution < 1.29 is 9.53 Å². The van der Waals surface area contributed by atoms with Crippen LogP contribution in [0.5, 0.6) is 5.75 Å². The van der Waals surface area contributed by atoms with Gasteiger partial charge in [0.25, 0.3) is 0 Å². The number of ether oxygens (including phenoxy) is 1. The van der Waals surface area contributed by atoms with Crippen molar-refractivity contribution in [3.63, 3.8) is 0 Å². The van der Waals surface area contributed by atoms with Gasteiger partial charge in [-0.1, -0.05) is 0 Å². The molecule has 0 atom stereocenters. The minimum absolute atomic E-state index is 0.183. The lowest BCUT2D eigenvalue weighted by atomic mass is 10.2. The smallest absolute Gasteiger partial charge is 0.228 e. The zero-order chi connectivity index (χ0) is 12.1. The molecule has 1 amide bonds. The molecule has 17 heavy (non-hydrogen) atoms. The fourth-order valence-corrected chi connectivity index (χ4v) is 1.98. The molecule has 1 heterocycles. The molecular formula is C13H18N2O2. The van der Waals surface area contributed by atoms with Crippen LogP contribution in [0.1, 0.15) is 12.8 Å². The van der Waals surface area contributed by atoms with Gasteiger partial charge >= 0.3 is 0 Å². The minimum Gasteiger partial charge on any atom is -0.497 e. The van der Waals surface area contributed by atoms with Gasteiger partial charge in [0.2, 0.25) is 5.91 Å². The summed E-state index contributed by atoms with van der Waals surface area (Å²) in [5.41, 5.74) is 0.956.